The lowest BCUT2D eigenvalue weighted by Gasteiger charge is -2.02. The molecule has 2 aliphatic heterocycles. The number of halogens is 1. The van der Waals surface area contributed by atoms with E-state index in [4.69, 9.17) is 25.8 Å². The first kappa shape index (κ1) is 18.5. The molecule has 2 aromatic rings. The van der Waals surface area contributed by atoms with E-state index in [-0.39, 0.29) is 18.1 Å². The van der Waals surface area contributed by atoms with Gasteiger partial charge in [0.2, 0.25) is 6.79 Å². The maximum absolute atomic E-state index is 12.2. The third kappa shape index (κ3) is 3.58. The number of benzene rings is 2. The summed E-state index contributed by atoms with van der Waals surface area (Å²) in [7, 11) is 1.25. The van der Waals surface area contributed by atoms with Gasteiger partial charge in [0.25, 0.3) is 0 Å². The quantitative estimate of drug-likeness (QED) is 0.720. The van der Waals surface area contributed by atoms with E-state index in [9.17, 15) is 9.90 Å². The van der Waals surface area contributed by atoms with Crippen LogP contribution in [0.5, 0.6) is 11.5 Å². The van der Waals surface area contributed by atoms with Gasteiger partial charge >= 0.3 is 5.97 Å². The molecule has 0 saturated carbocycles. The van der Waals surface area contributed by atoms with Gasteiger partial charge in [0.1, 0.15) is 16.4 Å². The maximum atomic E-state index is 12.2. The maximum Gasteiger partial charge on any atom is 0.344 e. The van der Waals surface area contributed by atoms with Gasteiger partial charge in [0.05, 0.1) is 17.7 Å². The average molecular weight is 416 g/mol. The molecule has 28 heavy (non-hydrogen) atoms. The number of aliphatic hydroxyl groups is 1. The third-order valence-corrected chi connectivity index (χ3v) is 5.27. The molecule has 0 atom stereocenters. The molecule has 2 heterocycles. The van der Waals surface area contributed by atoms with Gasteiger partial charge in [-0.3, -0.25) is 0 Å². The lowest BCUT2D eigenvalue weighted by Crippen LogP contribution is -2.10. The topological polar surface area (TPSA) is 77.4 Å². The van der Waals surface area contributed by atoms with Gasteiger partial charge < -0.3 is 19.3 Å². The molecule has 0 unspecified atom stereocenters. The Kier molecular flexibility index (Phi) is 5.02. The van der Waals surface area contributed by atoms with Crippen LogP contribution in [0.2, 0.25) is 5.02 Å². The van der Waals surface area contributed by atoms with Crippen LogP contribution in [0.25, 0.3) is 6.08 Å². The minimum atomic E-state index is -0.667. The number of fused-ring (bicyclic) bond motifs is 1. The van der Waals surface area contributed by atoms with Crippen LogP contribution in [0, 0.1) is 0 Å². The summed E-state index contributed by atoms with van der Waals surface area (Å²) >= 11 is 7.18. The highest BCUT2D eigenvalue weighted by molar-refractivity contribution is 8.18. The smallest absolute Gasteiger partial charge is 0.344 e. The fourth-order valence-corrected chi connectivity index (χ4v) is 3.93. The molecule has 0 fully saturated rings. The second kappa shape index (κ2) is 7.61. The van der Waals surface area contributed by atoms with E-state index in [1.807, 2.05) is 6.07 Å². The van der Waals surface area contributed by atoms with Crippen LogP contribution < -0.4 is 9.47 Å². The Morgan fingerprint density at radius 2 is 2.07 bits per heavy atom. The van der Waals surface area contributed by atoms with Crippen molar-refractivity contribution in [1.82, 2.24) is 0 Å². The van der Waals surface area contributed by atoms with Crippen molar-refractivity contribution < 1.29 is 24.1 Å². The minimum Gasteiger partial charge on any atom is -0.506 e. The molecule has 8 heteroatoms. The number of hydrogen-bond donors (Lipinski definition) is 1. The first-order chi connectivity index (χ1) is 13.5. The fourth-order valence-electron chi connectivity index (χ4n) is 2.71. The van der Waals surface area contributed by atoms with Crippen molar-refractivity contribution in [2.75, 3.05) is 13.9 Å². The van der Waals surface area contributed by atoms with Crippen molar-refractivity contribution in [3.8, 4) is 11.5 Å². The molecule has 0 spiro atoms. The van der Waals surface area contributed by atoms with E-state index in [2.05, 4.69) is 4.99 Å². The Hall–Kier alpha value is -2.90. The van der Waals surface area contributed by atoms with Crippen molar-refractivity contribution in [3.05, 3.63) is 69.3 Å². The van der Waals surface area contributed by atoms with E-state index in [0.717, 1.165) is 5.56 Å². The van der Waals surface area contributed by atoms with Crippen molar-refractivity contribution in [3.63, 3.8) is 0 Å². The number of rotatable bonds is 3. The lowest BCUT2D eigenvalue weighted by atomic mass is 10.1. The summed E-state index contributed by atoms with van der Waals surface area (Å²) < 4.78 is 15.5. The number of methoxy groups -OCH3 is 1. The minimum absolute atomic E-state index is 0.0134. The first-order valence-corrected chi connectivity index (χ1v) is 9.40. The van der Waals surface area contributed by atoms with Gasteiger partial charge in [0, 0.05) is 5.02 Å². The van der Waals surface area contributed by atoms with E-state index >= 15 is 0 Å². The number of esters is 1. The average Bonchev–Trinajstić information content (AvgIpc) is 3.26. The van der Waals surface area contributed by atoms with Gasteiger partial charge in [-0.05, 0) is 42.0 Å². The summed E-state index contributed by atoms with van der Waals surface area (Å²) in [6.45, 7) is 0.179. The number of ether oxygens (including phenoxy) is 3. The Bertz CT molecular complexity index is 1060. The number of thioether (sulfide) groups is 1. The van der Waals surface area contributed by atoms with Crippen molar-refractivity contribution >= 4 is 46.1 Å². The molecule has 0 amide bonds. The van der Waals surface area contributed by atoms with Gasteiger partial charge in [-0.2, -0.15) is 0 Å². The molecule has 0 bridgehead atoms. The van der Waals surface area contributed by atoms with Crippen LogP contribution in [-0.2, 0) is 9.53 Å². The molecule has 1 N–H and O–H groups in total. The van der Waals surface area contributed by atoms with Crippen LogP contribution in [0.3, 0.4) is 0 Å². The number of nitrogens with zero attached hydrogens (tertiary/aromatic N) is 1. The third-order valence-electron chi connectivity index (χ3n) is 4.01. The summed E-state index contributed by atoms with van der Waals surface area (Å²) in [5.41, 5.74) is 1.36. The Morgan fingerprint density at radius 3 is 2.86 bits per heavy atom. The Balaban J connectivity index is 1.73. The number of aliphatic hydroxyl groups excluding tert-OH is 1. The monoisotopic (exact) mass is 415 g/mol. The molecule has 142 valence electrons. The zero-order valence-electron chi connectivity index (χ0n) is 14.6. The Morgan fingerprint density at radius 1 is 1.25 bits per heavy atom. The molecule has 0 radical (unpaired) electrons. The second-order valence-corrected chi connectivity index (χ2v) is 7.30. The van der Waals surface area contributed by atoms with Crippen molar-refractivity contribution in [2.24, 2.45) is 4.99 Å². The molecule has 4 rings (SSSR count). The molecule has 0 aromatic heterocycles. The Labute approximate surface area is 170 Å². The van der Waals surface area contributed by atoms with Crippen LogP contribution in [0.4, 0.5) is 5.69 Å². The highest BCUT2D eigenvalue weighted by Crippen LogP contribution is 2.41. The van der Waals surface area contributed by atoms with Crippen LogP contribution in [0.15, 0.2) is 63.7 Å². The normalized spacial score (nSPS) is 18.2. The zero-order valence-corrected chi connectivity index (χ0v) is 16.2. The largest absolute Gasteiger partial charge is 0.506 e. The summed E-state index contributed by atoms with van der Waals surface area (Å²) in [5, 5.41) is 11.5. The predicted molar refractivity (Wildman–Crippen MR) is 108 cm³/mol. The van der Waals surface area contributed by atoms with Crippen LogP contribution >= 0.6 is 23.4 Å². The van der Waals surface area contributed by atoms with Gasteiger partial charge in [-0.1, -0.05) is 35.5 Å². The zero-order chi connectivity index (χ0) is 19.7. The standard InChI is InChI=1S/C20H14ClNO5S/c1-25-20(24)17-18(23)16(8-11-5-6-14-15(7-11)27-10-26-14)28-19(17)22-13-4-2-3-12(21)9-13/h2-9,23H,10H2,1H3. The molecule has 2 aromatic carbocycles. The molecule has 0 saturated heterocycles. The lowest BCUT2D eigenvalue weighted by molar-refractivity contribution is -0.135. The molecule has 0 aliphatic carbocycles. The van der Waals surface area contributed by atoms with Crippen LogP contribution in [-0.4, -0.2) is 30.0 Å². The predicted octanol–water partition coefficient (Wildman–Crippen LogP) is 4.87. The molecule has 2 aliphatic rings. The van der Waals surface area contributed by atoms with E-state index in [1.54, 1.807) is 42.5 Å². The van der Waals surface area contributed by atoms with Crippen molar-refractivity contribution in [2.45, 2.75) is 0 Å². The summed E-state index contributed by atoms with van der Waals surface area (Å²) in [6.07, 6.45) is 1.74. The number of carbonyl (C=O) groups is 1. The van der Waals surface area contributed by atoms with Gasteiger partial charge in [-0.25, -0.2) is 9.79 Å². The summed E-state index contributed by atoms with van der Waals surface area (Å²) in [4.78, 5) is 17.2. The highest BCUT2D eigenvalue weighted by atomic mass is 35.5. The number of aliphatic imine (C=N–C) groups is 1. The second-order valence-electron chi connectivity index (χ2n) is 5.84. The van der Waals surface area contributed by atoms with E-state index in [0.29, 0.717) is 32.2 Å². The first-order valence-electron chi connectivity index (χ1n) is 8.21. The van der Waals surface area contributed by atoms with Gasteiger partial charge in [-0.15, -0.1) is 0 Å². The van der Waals surface area contributed by atoms with Crippen LogP contribution in [0.1, 0.15) is 5.56 Å². The van der Waals surface area contributed by atoms with Gasteiger partial charge in [0.15, 0.2) is 11.5 Å². The highest BCUT2D eigenvalue weighted by Gasteiger charge is 2.33. The van der Waals surface area contributed by atoms with Crippen molar-refractivity contribution in [1.29, 1.82) is 0 Å². The number of hydrogen-bond acceptors (Lipinski definition) is 7. The molecular formula is C20H14ClNO5S. The molecule has 6 nitrogen and oxygen atoms in total. The molecular weight excluding hydrogens is 402 g/mol. The van der Waals surface area contributed by atoms with E-state index < -0.39 is 5.97 Å². The fraction of sp³-hybridized carbons (Fsp3) is 0.100. The summed E-state index contributed by atoms with van der Waals surface area (Å²) in [6, 6.07) is 12.3. The summed E-state index contributed by atoms with van der Waals surface area (Å²) in [5.74, 6) is 0.441. The SMILES string of the molecule is COC(=O)C1=C(O)C(=Cc2ccc3c(c2)OCO3)SC1=Nc1cccc(Cl)c1. The number of carbonyl (C=O) groups excluding carboxylic acids is 1. The van der Waals surface area contributed by atoms with E-state index in [1.165, 1.54) is 18.9 Å².